The fourth-order valence-electron chi connectivity index (χ4n) is 3.93. The van der Waals surface area contributed by atoms with Crippen LogP contribution >= 0.6 is 0 Å². The molecule has 186 valence electrons. The van der Waals surface area contributed by atoms with Gasteiger partial charge in [-0.3, -0.25) is 9.48 Å². The lowest BCUT2D eigenvalue weighted by Crippen LogP contribution is -2.16. The second-order valence-corrected chi connectivity index (χ2v) is 10.2. The Bertz CT molecular complexity index is 1730. The molecule has 0 fully saturated rings. The lowest BCUT2D eigenvalue weighted by molar-refractivity contribution is 0.102. The van der Waals surface area contributed by atoms with Crippen molar-refractivity contribution in [1.29, 1.82) is 0 Å². The van der Waals surface area contributed by atoms with Gasteiger partial charge in [0.05, 0.1) is 27.9 Å². The molecule has 0 bridgehead atoms. The standard InChI is InChI=1S/C26H23N7O3S/c1-16-12-17(2)29-26(28-16)32-37(35,36)20-10-8-19(9-11-20)30-25(34)22-13-24(18-14-27-33(3)15-18)31-23-7-5-4-6-21(22)23/h4-15H,1-3H3,(H,30,34)(H,28,29,32). The summed E-state index contributed by atoms with van der Waals surface area (Å²) in [5, 5.41) is 7.74. The van der Waals surface area contributed by atoms with E-state index in [0.717, 1.165) is 5.56 Å². The van der Waals surface area contributed by atoms with Crippen molar-refractivity contribution in [2.24, 2.45) is 7.05 Å². The van der Waals surface area contributed by atoms with Gasteiger partial charge in [-0.25, -0.2) is 28.1 Å². The number of para-hydroxylation sites is 1. The minimum atomic E-state index is -3.91. The molecule has 0 unspecified atom stereocenters. The van der Waals surface area contributed by atoms with E-state index in [-0.39, 0.29) is 16.8 Å². The number of nitrogens with one attached hydrogen (secondary N) is 2. The molecule has 0 saturated carbocycles. The number of carbonyl (C=O) groups excluding carboxylic acids is 1. The Morgan fingerprint density at radius 3 is 2.30 bits per heavy atom. The summed E-state index contributed by atoms with van der Waals surface area (Å²) in [6.45, 7) is 3.52. The first kappa shape index (κ1) is 24.1. The minimum absolute atomic E-state index is 0.00358. The van der Waals surface area contributed by atoms with E-state index in [1.165, 1.54) is 24.3 Å². The minimum Gasteiger partial charge on any atom is -0.322 e. The van der Waals surface area contributed by atoms with Crippen molar-refractivity contribution in [1.82, 2.24) is 24.7 Å². The summed E-state index contributed by atoms with van der Waals surface area (Å²) in [4.78, 5) is 26.2. The van der Waals surface area contributed by atoms with Crippen molar-refractivity contribution in [2.75, 3.05) is 10.0 Å². The predicted octanol–water partition coefficient (Wildman–Crippen LogP) is 4.10. The van der Waals surface area contributed by atoms with E-state index < -0.39 is 10.0 Å². The van der Waals surface area contributed by atoms with E-state index in [1.54, 1.807) is 36.9 Å². The fraction of sp³-hybridized carbons (Fsp3) is 0.115. The molecule has 0 atom stereocenters. The van der Waals surface area contributed by atoms with Gasteiger partial charge in [0, 0.05) is 41.3 Å². The van der Waals surface area contributed by atoms with E-state index in [9.17, 15) is 13.2 Å². The molecule has 10 nitrogen and oxygen atoms in total. The molecule has 0 saturated heterocycles. The number of anilines is 2. The molecule has 37 heavy (non-hydrogen) atoms. The number of hydrogen-bond donors (Lipinski definition) is 2. The van der Waals surface area contributed by atoms with Crippen molar-refractivity contribution in [3.05, 3.63) is 90.0 Å². The lowest BCUT2D eigenvalue weighted by Gasteiger charge is -2.11. The molecule has 2 aromatic carbocycles. The van der Waals surface area contributed by atoms with Crippen LogP contribution in [-0.4, -0.2) is 39.1 Å². The third-order valence-corrected chi connectivity index (χ3v) is 6.94. The summed E-state index contributed by atoms with van der Waals surface area (Å²) in [6, 6.07) is 16.7. The number of carbonyl (C=O) groups is 1. The van der Waals surface area contributed by atoms with Gasteiger partial charge in [-0.1, -0.05) is 18.2 Å². The first-order valence-electron chi connectivity index (χ1n) is 11.3. The summed E-state index contributed by atoms with van der Waals surface area (Å²) >= 11 is 0. The summed E-state index contributed by atoms with van der Waals surface area (Å²) in [7, 11) is -2.10. The Hall–Kier alpha value is -4.64. The molecular weight excluding hydrogens is 490 g/mol. The molecule has 0 aliphatic heterocycles. The van der Waals surface area contributed by atoms with Crippen LogP contribution in [0.5, 0.6) is 0 Å². The van der Waals surface area contributed by atoms with Crippen molar-refractivity contribution in [3.8, 4) is 11.3 Å². The Morgan fingerprint density at radius 2 is 1.62 bits per heavy atom. The number of sulfonamides is 1. The number of nitrogens with zero attached hydrogens (tertiary/aromatic N) is 5. The highest BCUT2D eigenvalue weighted by Gasteiger charge is 2.18. The maximum atomic E-state index is 13.3. The number of aryl methyl sites for hydroxylation is 3. The first-order chi connectivity index (χ1) is 17.7. The molecule has 5 aromatic rings. The van der Waals surface area contributed by atoms with Crippen molar-refractivity contribution in [3.63, 3.8) is 0 Å². The second-order valence-electron chi connectivity index (χ2n) is 8.53. The van der Waals surface area contributed by atoms with Crippen LogP contribution in [0.1, 0.15) is 21.7 Å². The molecule has 0 aliphatic carbocycles. The van der Waals surface area contributed by atoms with Crippen LogP contribution in [-0.2, 0) is 17.1 Å². The zero-order chi connectivity index (χ0) is 26.2. The number of hydrogen-bond acceptors (Lipinski definition) is 7. The topological polar surface area (TPSA) is 132 Å². The monoisotopic (exact) mass is 513 g/mol. The van der Waals surface area contributed by atoms with Crippen LogP contribution in [0, 0.1) is 13.8 Å². The Labute approximate surface area is 213 Å². The zero-order valence-electron chi connectivity index (χ0n) is 20.3. The molecule has 3 heterocycles. The smallest absolute Gasteiger partial charge is 0.264 e. The highest BCUT2D eigenvalue weighted by atomic mass is 32.2. The van der Waals surface area contributed by atoms with Crippen molar-refractivity contribution in [2.45, 2.75) is 18.7 Å². The van der Waals surface area contributed by atoms with Gasteiger partial charge in [-0.15, -0.1) is 0 Å². The highest BCUT2D eigenvalue weighted by Crippen LogP contribution is 2.26. The van der Waals surface area contributed by atoms with Crippen LogP contribution in [0.4, 0.5) is 11.6 Å². The molecule has 5 rings (SSSR count). The van der Waals surface area contributed by atoms with E-state index in [1.807, 2.05) is 37.5 Å². The molecule has 0 radical (unpaired) electrons. The Balaban J connectivity index is 1.40. The van der Waals surface area contributed by atoms with E-state index in [4.69, 9.17) is 0 Å². The van der Waals surface area contributed by atoms with Crippen LogP contribution < -0.4 is 10.0 Å². The van der Waals surface area contributed by atoms with Crippen LogP contribution in [0.25, 0.3) is 22.2 Å². The third-order valence-electron chi connectivity index (χ3n) is 5.59. The second kappa shape index (κ2) is 9.43. The number of pyridine rings is 1. The molecular formula is C26H23N7O3S. The summed E-state index contributed by atoms with van der Waals surface area (Å²) in [6.07, 6.45) is 3.52. The molecule has 0 spiro atoms. The van der Waals surface area contributed by atoms with Gasteiger partial charge in [-0.2, -0.15) is 5.10 Å². The van der Waals surface area contributed by atoms with Gasteiger partial charge in [-0.05, 0) is 56.3 Å². The van der Waals surface area contributed by atoms with Gasteiger partial charge in [0.15, 0.2) is 0 Å². The summed E-state index contributed by atoms with van der Waals surface area (Å²) < 4.78 is 29.7. The van der Waals surface area contributed by atoms with Gasteiger partial charge in [0.2, 0.25) is 5.95 Å². The summed E-state index contributed by atoms with van der Waals surface area (Å²) in [5.74, 6) is -0.343. The number of benzene rings is 2. The van der Waals surface area contributed by atoms with Gasteiger partial charge >= 0.3 is 0 Å². The van der Waals surface area contributed by atoms with Gasteiger partial charge in [0.1, 0.15) is 0 Å². The van der Waals surface area contributed by atoms with E-state index in [0.29, 0.717) is 39.2 Å². The van der Waals surface area contributed by atoms with Crippen LogP contribution in [0.15, 0.2) is 78.0 Å². The molecule has 1 amide bonds. The number of amides is 1. The highest BCUT2D eigenvalue weighted by molar-refractivity contribution is 7.92. The lowest BCUT2D eigenvalue weighted by atomic mass is 10.0. The van der Waals surface area contributed by atoms with Crippen molar-refractivity contribution < 1.29 is 13.2 Å². The third kappa shape index (κ3) is 5.16. The van der Waals surface area contributed by atoms with Gasteiger partial charge < -0.3 is 5.32 Å². The molecule has 3 aromatic heterocycles. The first-order valence-corrected chi connectivity index (χ1v) is 12.8. The number of fused-ring (bicyclic) bond motifs is 1. The maximum Gasteiger partial charge on any atom is 0.264 e. The Kier molecular flexibility index (Phi) is 6.14. The summed E-state index contributed by atoms with van der Waals surface area (Å²) in [5.41, 5.74) is 4.27. The fourth-order valence-corrected chi connectivity index (χ4v) is 4.88. The normalized spacial score (nSPS) is 11.4. The largest absolute Gasteiger partial charge is 0.322 e. The van der Waals surface area contributed by atoms with E-state index >= 15 is 0 Å². The maximum absolute atomic E-state index is 13.3. The number of rotatable bonds is 6. The zero-order valence-corrected chi connectivity index (χ0v) is 21.1. The molecule has 2 N–H and O–H groups in total. The van der Waals surface area contributed by atoms with Crippen molar-refractivity contribution >= 4 is 38.5 Å². The quantitative estimate of drug-likeness (QED) is 0.349. The molecule has 0 aliphatic rings. The average Bonchev–Trinajstić information content (AvgIpc) is 3.29. The predicted molar refractivity (Wildman–Crippen MR) is 141 cm³/mol. The SMILES string of the molecule is Cc1cc(C)nc(NS(=O)(=O)c2ccc(NC(=O)c3cc(-c4cnn(C)c4)nc4ccccc34)cc2)n1. The number of aromatic nitrogens is 5. The average molecular weight is 514 g/mol. The van der Waals surface area contributed by atoms with Crippen LogP contribution in [0.2, 0.25) is 0 Å². The Morgan fingerprint density at radius 1 is 0.919 bits per heavy atom. The van der Waals surface area contributed by atoms with Gasteiger partial charge in [0.25, 0.3) is 15.9 Å². The van der Waals surface area contributed by atoms with Crippen LogP contribution in [0.3, 0.4) is 0 Å². The molecule has 11 heteroatoms. The van der Waals surface area contributed by atoms with E-state index in [2.05, 4.69) is 30.1 Å².